The predicted molar refractivity (Wildman–Crippen MR) is 129 cm³/mol. The Morgan fingerprint density at radius 2 is 1.94 bits per heavy atom. The van der Waals surface area contributed by atoms with Gasteiger partial charge in [0.1, 0.15) is 0 Å². The first kappa shape index (κ1) is 24.6. The zero-order chi connectivity index (χ0) is 23.7. The van der Waals surface area contributed by atoms with Crippen LogP contribution in [0.4, 0.5) is 0 Å². The van der Waals surface area contributed by atoms with Gasteiger partial charge >= 0.3 is 0 Å². The number of carbonyl (C=O) groups excluding carboxylic acids is 1. The Morgan fingerprint density at radius 3 is 2.47 bits per heavy atom. The van der Waals surface area contributed by atoms with Gasteiger partial charge in [0.2, 0.25) is 11.1 Å². The maximum atomic E-state index is 13.0. The molecule has 1 aliphatic heterocycles. The van der Waals surface area contributed by atoms with Crippen LogP contribution in [0.1, 0.15) is 53.0 Å². The van der Waals surface area contributed by atoms with Crippen molar-refractivity contribution >= 4 is 27.5 Å². The first-order valence-corrected chi connectivity index (χ1v) is 13.7. The quantitative estimate of drug-likeness (QED) is 0.480. The minimum atomic E-state index is -3.08. The largest absolute Gasteiger partial charge is 0.335 e. The van der Waals surface area contributed by atoms with Crippen molar-refractivity contribution in [1.82, 2.24) is 19.8 Å². The van der Waals surface area contributed by atoms with E-state index in [1.165, 1.54) is 22.0 Å². The number of thioether (sulfide) groups is 1. The fourth-order valence-corrected chi connectivity index (χ4v) is 6.33. The second-order valence-corrected chi connectivity index (χ2v) is 12.6. The van der Waals surface area contributed by atoms with E-state index in [4.69, 9.17) is 5.84 Å². The number of amides is 1. The van der Waals surface area contributed by atoms with Crippen molar-refractivity contribution in [2.75, 3.05) is 23.1 Å². The van der Waals surface area contributed by atoms with Crippen LogP contribution in [0, 0.1) is 0 Å². The summed E-state index contributed by atoms with van der Waals surface area (Å²) in [4.78, 5) is 14.8. The molecule has 2 atom stereocenters. The summed E-state index contributed by atoms with van der Waals surface area (Å²) < 4.78 is 25.3. The maximum absolute atomic E-state index is 13.0. The molecule has 1 saturated heterocycles. The van der Waals surface area contributed by atoms with E-state index in [-0.39, 0.29) is 40.7 Å². The maximum Gasteiger partial charge on any atom is 0.233 e. The van der Waals surface area contributed by atoms with E-state index in [2.05, 4.69) is 43.1 Å². The van der Waals surface area contributed by atoms with E-state index in [0.717, 1.165) is 12.0 Å². The van der Waals surface area contributed by atoms with Gasteiger partial charge in [-0.15, -0.1) is 10.2 Å². The zero-order valence-corrected chi connectivity index (χ0v) is 21.0. The fourth-order valence-electron chi connectivity index (χ4n) is 3.89. The third-order valence-electron chi connectivity index (χ3n) is 5.95. The lowest BCUT2D eigenvalue weighted by Crippen LogP contribution is -2.47. The Bertz CT molecular complexity index is 1060. The second kappa shape index (κ2) is 9.43. The van der Waals surface area contributed by atoms with Crippen LogP contribution < -0.4 is 5.84 Å². The highest BCUT2D eigenvalue weighted by Gasteiger charge is 2.36. The van der Waals surface area contributed by atoms with Crippen LogP contribution in [0.2, 0.25) is 0 Å². The van der Waals surface area contributed by atoms with Crippen LogP contribution >= 0.6 is 11.8 Å². The summed E-state index contributed by atoms with van der Waals surface area (Å²) >= 11 is 1.22. The minimum Gasteiger partial charge on any atom is -0.335 e. The normalized spacial score (nSPS) is 19.1. The summed E-state index contributed by atoms with van der Waals surface area (Å²) in [6.45, 7) is 10.4. The number of rotatable bonds is 7. The molecule has 2 aromatic rings. The molecular weight excluding hydrogens is 446 g/mol. The number of benzene rings is 1. The molecule has 10 heteroatoms. The Balaban J connectivity index is 1.71. The van der Waals surface area contributed by atoms with Crippen molar-refractivity contribution in [3.05, 3.63) is 29.8 Å². The van der Waals surface area contributed by atoms with Gasteiger partial charge in [0.05, 0.1) is 17.3 Å². The molecule has 3 rings (SSSR count). The molecule has 32 heavy (non-hydrogen) atoms. The molecule has 1 aromatic carbocycles. The van der Waals surface area contributed by atoms with Crippen molar-refractivity contribution in [3.8, 4) is 11.4 Å². The summed E-state index contributed by atoms with van der Waals surface area (Å²) in [6.07, 6.45) is 1.25. The van der Waals surface area contributed by atoms with Gasteiger partial charge in [-0.05, 0) is 30.7 Å². The lowest BCUT2D eigenvalue weighted by Gasteiger charge is -2.33. The highest BCUT2D eigenvalue weighted by Crippen LogP contribution is 2.27. The van der Waals surface area contributed by atoms with Crippen molar-refractivity contribution in [1.29, 1.82) is 0 Å². The number of hydrogen-bond acceptors (Lipinski definition) is 7. The summed E-state index contributed by atoms with van der Waals surface area (Å²) in [6, 6.07) is 7.75. The molecule has 0 saturated carbocycles. The van der Waals surface area contributed by atoms with Gasteiger partial charge in [-0.2, -0.15) is 0 Å². The second-order valence-electron chi connectivity index (χ2n) is 9.41. The highest BCUT2D eigenvalue weighted by molar-refractivity contribution is 7.99. The van der Waals surface area contributed by atoms with E-state index >= 15 is 0 Å². The Hall–Kier alpha value is -2.07. The third kappa shape index (κ3) is 5.46. The molecule has 1 aromatic heterocycles. The molecule has 2 N–H and O–H groups in total. The molecule has 1 aliphatic rings. The highest BCUT2D eigenvalue weighted by atomic mass is 32.2. The van der Waals surface area contributed by atoms with E-state index in [0.29, 0.717) is 17.4 Å². The molecule has 0 aliphatic carbocycles. The van der Waals surface area contributed by atoms with Crippen molar-refractivity contribution in [2.24, 2.45) is 0 Å². The summed E-state index contributed by atoms with van der Waals surface area (Å²) in [5, 5.41) is 8.82. The number of carbonyl (C=O) groups is 1. The van der Waals surface area contributed by atoms with Crippen LogP contribution in [-0.4, -0.2) is 63.4 Å². The van der Waals surface area contributed by atoms with E-state index in [1.807, 2.05) is 26.0 Å². The van der Waals surface area contributed by atoms with Gasteiger partial charge in [-0.25, -0.2) is 13.1 Å². The van der Waals surface area contributed by atoms with Crippen molar-refractivity contribution in [2.45, 2.75) is 70.1 Å². The first-order chi connectivity index (χ1) is 14.9. The smallest absolute Gasteiger partial charge is 0.233 e. The van der Waals surface area contributed by atoms with Crippen LogP contribution in [0.5, 0.6) is 0 Å². The van der Waals surface area contributed by atoms with E-state index in [1.54, 1.807) is 4.90 Å². The predicted octanol–water partition coefficient (Wildman–Crippen LogP) is 2.86. The molecule has 1 amide bonds. The van der Waals surface area contributed by atoms with Gasteiger partial charge < -0.3 is 10.7 Å². The van der Waals surface area contributed by atoms with Gasteiger partial charge in [0.15, 0.2) is 15.7 Å². The standard InChI is InChI=1S/C22H33N5O3S2/c1-6-15(2)26(18-11-12-32(29,30)14-18)19(28)13-31-21-25-24-20(27(21)23)16-7-9-17(10-8-16)22(3,4)5/h7-10,15,18H,6,11-14,23H2,1-5H3. The fraction of sp³-hybridized carbons (Fsp3) is 0.591. The molecule has 8 nitrogen and oxygen atoms in total. The average Bonchev–Trinajstić information content (AvgIpc) is 3.27. The molecular formula is C22H33N5O3S2. The Kier molecular flexibility index (Phi) is 7.24. The third-order valence-corrected chi connectivity index (χ3v) is 8.63. The number of nitrogens with two attached hydrogens (primary N) is 1. The van der Waals surface area contributed by atoms with Gasteiger partial charge in [0.25, 0.3) is 0 Å². The zero-order valence-electron chi connectivity index (χ0n) is 19.4. The van der Waals surface area contributed by atoms with Crippen LogP contribution in [0.25, 0.3) is 11.4 Å². The topological polar surface area (TPSA) is 111 Å². The molecule has 2 unspecified atom stereocenters. The number of sulfone groups is 1. The van der Waals surface area contributed by atoms with Crippen LogP contribution in [-0.2, 0) is 20.0 Å². The summed E-state index contributed by atoms with van der Waals surface area (Å²) in [5.41, 5.74) is 2.11. The average molecular weight is 480 g/mol. The molecule has 2 heterocycles. The van der Waals surface area contributed by atoms with Gasteiger partial charge in [-0.1, -0.05) is 63.7 Å². The van der Waals surface area contributed by atoms with Crippen LogP contribution in [0.15, 0.2) is 29.4 Å². The monoisotopic (exact) mass is 479 g/mol. The molecule has 0 spiro atoms. The molecule has 0 bridgehead atoms. The summed E-state index contributed by atoms with van der Waals surface area (Å²) in [5.74, 6) is 6.95. The Morgan fingerprint density at radius 1 is 1.28 bits per heavy atom. The SMILES string of the molecule is CCC(C)N(C(=O)CSc1nnc(-c2ccc(C(C)(C)C)cc2)n1N)C1CCS(=O)(=O)C1. The van der Waals surface area contributed by atoms with Crippen LogP contribution in [0.3, 0.4) is 0 Å². The molecule has 0 radical (unpaired) electrons. The van der Waals surface area contributed by atoms with Crippen molar-refractivity contribution in [3.63, 3.8) is 0 Å². The van der Waals surface area contributed by atoms with Crippen molar-refractivity contribution < 1.29 is 13.2 Å². The lowest BCUT2D eigenvalue weighted by atomic mass is 9.87. The molecule has 1 fully saturated rings. The number of aromatic nitrogens is 3. The van der Waals surface area contributed by atoms with Gasteiger partial charge in [-0.3, -0.25) is 4.79 Å². The minimum absolute atomic E-state index is 0.0333. The van der Waals surface area contributed by atoms with Gasteiger partial charge in [0, 0.05) is 17.6 Å². The number of nitrogens with zero attached hydrogens (tertiary/aromatic N) is 4. The lowest BCUT2D eigenvalue weighted by molar-refractivity contribution is -0.132. The van der Waals surface area contributed by atoms with E-state index < -0.39 is 9.84 Å². The van der Waals surface area contributed by atoms with E-state index in [9.17, 15) is 13.2 Å². The number of hydrogen-bond donors (Lipinski definition) is 1. The molecule has 176 valence electrons. The number of nitrogen functional groups attached to an aromatic ring is 1. The Labute approximate surface area is 194 Å². The summed E-state index contributed by atoms with van der Waals surface area (Å²) in [7, 11) is -3.08. The first-order valence-electron chi connectivity index (χ1n) is 10.9.